The predicted octanol–water partition coefficient (Wildman–Crippen LogP) is 4.63. The van der Waals surface area contributed by atoms with Crippen LogP contribution in [0.25, 0.3) is 22.5 Å². The van der Waals surface area contributed by atoms with E-state index in [9.17, 15) is 14.7 Å². The van der Waals surface area contributed by atoms with Crippen LogP contribution >= 0.6 is 0 Å². The van der Waals surface area contributed by atoms with E-state index in [2.05, 4.69) is 56.5 Å². The maximum Gasteiger partial charge on any atom is 0.303 e. The van der Waals surface area contributed by atoms with Gasteiger partial charge in [-0.05, 0) is 54.0 Å². The fourth-order valence-electron chi connectivity index (χ4n) is 5.43. The highest BCUT2D eigenvalue weighted by atomic mass is 16.4. The molecule has 0 amide bonds. The Morgan fingerprint density at radius 2 is 1.92 bits per heavy atom. The molecule has 2 aromatic heterocycles. The molecule has 4 aromatic rings. The number of unbranched alkanes of at least 4 members (excludes halogenated alkanes) is 1. The maximum atomic E-state index is 13.7. The zero-order valence-corrected chi connectivity index (χ0v) is 21.1. The van der Waals surface area contributed by atoms with Crippen LogP contribution in [0.4, 0.5) is 0 Å². The Balaban J connectivity index is 1.46. The second kappa shape index (κ2) is 10.9. The number of hydrogen-bond acceptors (Lipinski definition) is 5. The molecule has 9 nitrogen and oxygen atoms in total. The SMILES string of the molecule is CCCCc1c(Cc2ccc(-c3ccccc3-c3nn[nH]n3)cc2)c(=O)n2n1CCCC2CCC(=O)O. The number of H-pyrrole nitrogens is 1. The smallest absolute Gasteiger partial charge is 0.303 e. The minimum Gasteiger partial charge on any atom is -0.481 e. The summed E-state index contributed by atoms with van der Waals surface area (Å²) in [6, 6.07) is 16.2. The molecule has 192 valence electrons. The van der Waals surface area contributed by atoms with Crippen LogP contribution in [0.1, 0.15) is 68.3 Å². The Bertz CT molecular complexity index is 1420. The first-order valence-electron chi connectivity index (χ1n) is 13.0. The summed E-state index contributed by atoms with van der Waals surface area (Å²) >= 11 is 0. The highest BCUT2D eigenvalue weighted by Gasteiger charge is 2.28. The zero-order chi connectivity index (χ0) is 25.8. The topological polar surface area (TPSA) is 119 Å². The molecule has 9 heteroatoms. The number of carbonyl (C=O) groups is 1. The number of aliphatic carboxylic acids is 1. The average molecular weight is 501 g/mol. The third-order valence-electron chi connectivity index (χ3n) is 7.26. The van der Waals surface area contributed by atoms with Crippen molar-refractivity contribution in [2.75, 3.05) is 0 Å². The Morgan fingerprint density at radius 3 is 2.62 bits per heavy atom. The number of aromatic nitrogens is 6. The number of aromatic amines is 1. The molecule has 0 bridgehead atoms. The summed E-state index contributed by atoms with van der Waals surface area (Å²) in [5.74, 6) is -0.269. The number of benzene rings is 2. The van der Waals surface area contributed by atoms with Crippen LogP contribution in [-0.4, -0.2) is 41.1 Å². The van der Waals surface area contributed by atoms with E-state index in [0.29, 0.717) is 18.7 Å². The van der Waals surface area contributed by atoms with Crippen molar-refractivity contribution in [3.8, 4) is 22.5 Å². The molecule has 0 spiro atoms. The van der Waals surface area contributed by atoms with E-state index in [1.807, 2.05) is 28.9 Å². The van der Waals surface area contributed by atoms with E-state index >= 15 is 0 Å². The maximum absolute atomic E-state index is 13.7. The van der Waals surface area contributed by atoms with Crippen LogP contribution in [-0.2, 0) is 24.2 Å². The first-order valence-corrected chi connectivity index (χ1v) is 13.0. The normalized spacial score (nSPS) is 15.0. The number of carboxylic acids is 1. The van der Waals surface area contributed by atoms with Crippen molar-refractivity contribution >= 4 is 5.97 Å². The third-order valence-corrected chi connectivity index (χ3v) is 7.26. The summed E-state index contributed by atoms with van der Waals surface area (Å²) in [5.41, 5.74) is 6.01. The molecular formula is C28H32N6O3. The summed E-state index contributed by atoms with van der Waals surface area (Å²) < 4.78 is 4.02. The van der Waals surface area contributed by atoms with Gasteiger partial charge in [-0.15, -0.1) is 10.2 Å². The molecule has 0 aliphatic carbocycles. The van der Waals surface area contributed by atoms with Crippen LogP contribution < -0.4 is 5.56 Å². The van der Waals surface area contributed by atoms with Crippen LogP contribution in [0.15, 0.2) is 53.3 Å². The molecular weight excluding hydrogens is 468 g/mol. The Labute approximate surface area is 215 Å². The van der Waals surface area contributed by atoms with Gasteiger partial charge < -0.3 is 5.11 Å². The molecule has 37 heavy (non-hydrogen) atoms. The average Bonchev–Trinajstić information content (AvgIpc) is 3.54. The zero-order valence-electron chi connectivity index (χ0n) is 21.1. The van der Waals surface area contributed by atoms with Gasteiger partial charge >= 0.3 is 5.97 Å². The van der Waals surface area contributed by atoms with Crippen molar-refractivity contribution in [1.82, 2.24) is 30.0 Å². The summed E-state index contributed by atoms with van der Waals surface area (Å²) in [7, 11) is 0. The highest BCUT2D eigenvalue weighted by molar-refractivity contribution is 5.80. The number of nitrogens with zero attached hydrogens (tertiary/aromatic N) is 5. The molecule has 1 unspecified atom stereocenters. The lowest BCUT2D eigenvalue weighted by atomic mass is 9.96. The second-order valence-electron chi connectivity index (χ2n) is 9.68. The van der Waals surface area contributed by atoms with E-state index in [0.717, 1.165) is 72.2 Å². The van der Waals surface area contributed by atoms with Crippen LogP contribution in [0.2, 0.25) is 0 Å². The molecule has 0 saturated carbocycles. The third kappa shape index (κ3) is 5.12. The van der Waals surface area contributed by atoms with Crippen molar-refractivity contribution in [2.45, 2.75) is 70.9 Å². The van der Waals surface area contributed by atoms with Crippen molar-refractivity contribution in [3.63, 3.8) is 0 Å². The summed E-state index contributed by atoms with van der Waals surface area (Å²) in [5, 5.41) is 23.7. The lowest BCUT2D eigenvalue weighted by Gasteiger charge is -2.28. The molecule has 0 radical (unpaired) electrons. The minimum atomic E-state index is -0.816. The van der Waals surface area contributed by atoms with E-state index in [1.54, 1.807) is 0 Å². The van der Waals surface area contributed by atoms with Gasteiger partial charge in [-0.2, -0.15) is 5.21 Å². The molecule has 1 atom stereocenters. The van der Waals surface area contributed by atoms with Gasteiger partial charge in [0.1, 0.15) is 0 Å². The molecule has 3 heterocycles. The number of nitrogens with one attached hydrogen (secondary N) is 1. The molecule has 0 fully saturated rings. The first kappa shape index (κ1) is 24.7. The molecule has 2 N–H and O–H groups in total. The van der Waals surface area contributed by atoms with Gasteiger partial charge in [-0.25, -0.2) is 4.68 Å². The van der Waals surface area contributed by atoms with Gasteiger partial charge in [0, 0.05) is 36.2 Å². The van der Waals surface area contributed by atoms with Gasteiger partial charge in [0.15, 0.2) is 0 Å². The Morgan fingerprint density at radius 1 is 1.14 bits per heavy atom. The molecule has 0 saturated heterocycles. The monoisotopic (exact) mass is 500 g/mol. The second-order valence-corrected chi connectivity index (χ2v) is 9.68. The lowest BCUT2D eigenvalue weighted by Crippen LogP contribution is -2.33. The first-order chi connectivity index (χ1) is 18.1. The van der Waals surface area contributed by atoms with E-state index in [1.165, 1.54) is 0 Å². The molecule has 2 aromatic carbocycles. The summed E-state index contributed by atoms with van der Waals surface area (Å²) in [6.45, 7) is 2.97. The van der Waals surface area contributed by atoms with Gasteiger partial charge in [-0.3, -0.25) is 14.3 Å². The highest BCUT2D eigenvalue weighted by Crippen LogP contribution is 2.31. The standard InChI is InChI=1S/C28H32N6O3/c1-2-3-10-25-24(28(37)34-21(15-16-26(35)36)7-6-17-33(25)34)18-19-11-13-20(14-12-19)22-8-4-5-9-23(22)27-29-31-32-30-27/h4-5,8-9,11-14,21H,2-3,6-7,10,15-18H2,1H3,(H,35,36)(H,29,30,31,32). The van der Waals surface area contributed by atoms with Crippen LogP contribution in [0.5, 0.6) is 0 Å². The number of carboxylic acid groups (broad SMARTS) is 1. The number of fused-ring (bicyclic) bond motifs is 1. The van der Waals surface area contributed by atoms with E-state index in [-0.39, 0.29) is 18.0 Å². The fraction of sp³-hybridized carbons (Fsp3) is 0.393. The van der Waals surface area contributed by atoms with Crippen LogP contribution in [0, 0.1) is 0 Å². The van der Waals surface area contributed by atoms with Crippen molar-refractivity contribution in [2.24, 2.45) is 0 Å². The van der Waals surface area contributed by atoms with Gasteiger partial charge in [0.25, 0.3) is 5.56 Å². The summed E-state index contributed by atoms with van der Waals surface area (Å²) in [6.07, 6.45) is 5.86. The summed E-state index contributed by atoms with van der Waals surface area (Å²) in [4.78, 5) is 24.9. The number of rotatable bonds is 10. The molecule has 1 aliphatic heterocycles. The van der Waals surface area contributed by atoms with E-state index in [4.69, 9.17) is 0 Å². The fourth-order valence-corrected chi connectivity index (χ4v) is 5.43. The molecule has 5 rings (SSSR count). The van der Waals surface area contributed by atoms with Gasteiger partial charge in [-0.1, -0.05) is 61.9 Å². The van der Waals surface area contributed by atoms with Gasteiger partial charge in [0.05, 0.1) is 6.04 Å². The number of hydrogen-bond donors (Lipinski definition) is 2. The lowest BCUT2D eigenvalue weighted by molar-refractivity contribution is -0.137. The molecule has 1 aliphatic rings. The Kier molecular flexibility index (Phi) is 7.30. The predicted molar refractivity (Wildman–Crippen MR) is 140 cm³/mol. The van der Waals surface area contributed by atoms with Crippen molar-refractivity contribution in [3.05, 3.63) is 75.7 Å². The van der Waals surface area contributed by atoms with Gasteiger partial charge in [0.2, 0.25) is 5.82 Å². The van der Waals surface area contributed by atoms with E-state index < -0.39 is 5.97 Å². The minimum absolute atomic E-state index is 0.0349. The Hall–Kier alpha value is -4.01. The quantitative estimate of drug-likeness (QED) is 0.328. The van der Waals surface area contributed by atoms with Crippen LogP contribution in [0.3, 0.4) is 0 Å². The van der Waals surface area contributed by atoms with Crippen molar-refractivity contribution in [1.29, 1.82) is 0 Å². The number of tetrazole rings is 1. The van der Waals surface area contributed by atoms with Crippen molar-refractivity contribution < 1.29 is 9.90 Å². The largest absolute Gasteiger partial charge is 0.481 e.